The molecule has 2 atom stereocenters. The zero-order valence-electron chi connectivity index (χ0n) is 16.3. The summed E-state index contributed by atoms with van der Waals surface area (Å²) < 4.78 is 5.19. The van der Waals surface area contributed by atoms with E-state index in [-0.39, 0.29) is 17.9 Å². The van der Waals surface area contributed by atoms with Crippen LogP contribution in [0.25, 0.3) is 0 Å². The molecule has 4 nitrogen and oxygen atoms in total. The van der Waals surface area contributed by atoms with E-state index in [1.807, 2.05) is 43.3 Å². The molecule has 0 saturated carbocycles. The van der Waals surface area contributed by atoms with E-state index < -0.39 is 0 Å². The van der Waals surface area contributed by atoms with Crippen molar-refractivity contribution in [1.29, 1.82) is 0 Å². The number of carbonyl (C=O) groups excluding carboxylic acids is 1. The Morgan fingerprint density at radius 1 is 1.25 bits per heavy atom. The van der Waals surface area contributed by atoms with Gasteiger partial charge in [0, 0.05) is 23.1 Å². The van der Waals surface area contributed by atoms with Crippen LogP contribution in [0.4, 0.5) is 0 Å². The van der Waals surface area contributed by atoms with Crippen LogP contribution in [0.5, 0.6) is 5.75 Å². The molecule has 0 spiro atoms. The summed E-state index contributed by atoms with van der Waals surface area (Å²) >= 11 is 12.3. The lowest BCUT2D eigenvalue weighted by Crippen LogP contribution is -2.43. The Morgan fingerprint density at radius 2 is 2.00 bits per heavy atom. The van der Waals surface area contributed by atoms with Crippen molar-refractivity contribution < 1.29 is 9.53 Å². The molecule has 1 aliphatic heterocycles. The number of nitrogens with one attached hydrogen (secondary N) is 1. The zero-order chi connectivity index (χ0) is 20.1. The minimum absolute atomic E-state index is 0.0134. The van der Waals surface area contributed by atoms with E-state index >= 15 is 0 Å². The van der Waals surface area contributed by atoms with E-state index in [0.717, 1.165) is 49.4 Å². The third kappa shape index (κ3) is 5.40. The molecule has 1 N–H and O–H groups in total. The highest BCUT2D eigenvalue weighted by atomic mass is 35.5. The van der Waals surface area contributed by atoms with Crippen LogP contribution in [0.15, 0.2) is 42.5 Å². The predicted molar refractivity (Wildman–Crippen MR) is 114 cm³/mol. The maximum absolute atomic E-state index is 12.8. The molecule has 1 fully saturated rings. The standard InChI is InChI=1S/C22H26Cl2N2O2/c1-15(16-6-9-20(28-2)10-7-16)25-22(27)18-4-3-11-26(14-18)13-17-5-8-19(23)12-21(17)24/h5-10,12,15,18H,3-4,11,13-14H2,1-2H3,(H,25,27). The van der Waals surface area contributed by atoms with E-state index in [4.69, 9.17) is 27.9 Å². The van der Waals surface area contributed by atoms with Gasteiger partial charge in [-0.15, -0.1) is 0 Å². The number of hydrogen-bond acceptors (Lipinski definition) is 3. The molecule has 6 heteroatoms. The average Bonchev–Trinajstić information content (AvgIpc) is 2.70. The fourth-order valence-corrected chi connectivity index (χ4v) is 4.08. The van der Waals surface area contributed by atoms with Gasteiger partial charge in [0.15, 0.2) is 0 Å². The molecule has 1 amide bonds. The van der Waals surface area contributed by atoms with Crippen LogP contribution in [-0.2, 0) is 11.3 Å². The van der Waals surface area contributed by atoms with Gasteiger partial charge in [0.25, 0.3) is 0 Å². The fourth-order valence-electron chi connectivity index (χ4n) is 3.61. The summed E-state index contributed by atoms with van der Waals surface area (Å²) in [7, 11) is 1.65. The van der Waals surface area contributed by atoms with Crippen molar-refractivity contribution >= 4 is 29.1 Å². The number of ether oxygens (including phenoxy) is 1. The third-order valence-electron chi connectivity index (χ3n) is 5.26. The molecule has 0 bridgehead atoms. The average molecular weight is 421 g/mol. The normalized spacial score (nSPS) is 18.5. The Kier molecular flexibility index (Phi) is 7.22. The first-order valence-electron chi connectivity index (χ1n) is 9.57. The maximum atomic E-state index is 12.8. The van der Waals surface area contributed by atoms with E-state index in [2.05, 4.69) is 10.2 Å². The number of carbonyl (C=O) groups is 1. The lowest BCUT2D eigenvalue weighted by Gasteiger charge is -2.32. The first-order chi connectivity index (χ1) is 13.5. The molecule has 1 aliphatic rings. The van der Waals surface area contributed by atoms with Crippen LogP contribution < -0.4 is 10.1 Å². The van der Waals surface area contributed by atoms with E-state index in [1.165, 1.54) is 0 Å². The predicted octanol–water partition coefficient (Wildman–Crippen LogP) is 5.09. The Labute approximate surface area is 176 Å². The van der Waals surface area contributed by atoms with Crippen molar-refractivity contribution in [3.63, 3.8) is 0 Å². The van der Waals surface area contributed by atoms with E-state index in [0.29, 0.717) is 10.0 Å². The summed E-state index contributed by atoms with van der Waals surface area (Å²) in [6.45, 7) is 4.44. The highest BCUT2D eigenvalue weighted by Gasteiger charge is 2.27. The van der Waals surface area contributed by atoms with Gasteiger partial charge in [0.05, 0.1) is 19.1 Å². The Bertz CT molecular complexity index is 811. The Balaban J connectivity index is 1.57. The number of likely N-dealkylation sites (tertiary alicyclic amines) is 1. The molecule has 2 unspecified atom stereocenters. The van der Waals surface area contributed by atoms with Crippen molar-refractivity contribution in [2.45, 2.75) is 32.4 Å². The lowest BCUT2D eigenvalue weighted by molar-refractivity contribution is -0.127. The summed E-state index contributed by atoms with van der Waals surface area (Å²) in [5.41, 5.74) is 2.11. The monoisotopic (exact) mass is 420 g/mol. The van der Waals surface area contributed by atoms with Gasteiger partial charge < -0.3 is 10.1 Å². The highest BCUT2D eigenvalue weighted by Crippen LogP contribution is 2.25. The van der Waals surface area contributed by atoms with Crippen LogP contribution in [0.1, 0.15) is 36.9 Å². The van der Waals surface area contributed by atoms with Gasteiger partial charge in [-0.05, 0) is 61.7 Å². The van der Waals surface area contributed by atoms with Gasteiger partial charge in [0.2, 0.25) is 5.91 Å². The minimum Gasteiger partial charge on any atom is -0.497 e. The van der Waals surface area contributed by atoms with Crippen molar-refractivity contribution in [2.24, 2.45) is 5.92 Å². The van der Waals surface area contributed by atoms with E-state index in [9.17, 15) is 4.79 Å². The molecule has 28 heavy (non-hydrogen) atoms. The van der Waals surface area contributed by atoms with Crippen LogP contribution in [-0.4, -0.2) is 31.0 Å². The first-order valence-corrected chi connectivity index (χ1v) is 10.3. The van der Waals surface area contributed by atoms with Gasteiger partial charge in [0.1, 0.15) is 5.75 Å². The first kappa shape index (κ1) is 21.0. The lowest BCUT2D eigenvalue weighted by atomic mass is 9.96. The van der Waals surface area contributed by atoms with Crippen LogP contribution in [0, 0.1) is 5.92 Å². The molecule has 1 heterocycles. The summed E-state index contributed by atoms with van der Waals surface area (Å²) in [5.74, 6) is 0.904. The zero-order valence-corrected chi connectivity index (χ0v) is 17.8. The number of methoxy groups -OCH3 is 1. The smallest absolute Gasteiger partial charge is 0.224 e. The fraction of sp³-hybridized carbons (Fsp3) is 0.409. The molecule has 2 aromatic carbocycles. The number of piperidine rings is 1. The molecule has 1 saturated heterocycles. The molecule has 150 valence electrons. The number of hydrogen-bond donors (Lipinski definition) is 1. The summed E-state index contributed by atoms with van der Waals surface area (Å²) in [6, 6.07) is 13.3. The van der Waals surface area contributed by atoms with Crippen molar-refractivity contribution in [1.82, 2.24) is 10.2 Å². The molecular weight excluding hydrogens is 395 g/mol. The number of halogens is 2. The SMILES string of the molecule is COc1ccc(C(C)NC(=O)C2CCCN(Cc3ccc(Cl)cc3Cl)C2)cc1. The number of nitrogens with zero attached hydrogens (tertiary/aromatic N) is 1. The molecule has 2 aromatic rings. The second kappa shape index (κ2) is 9.64. The van der Waals surface area contributed by atoms with Gasteiger partial charge >= 0.3 is 0 Å². The second-order valence-corrected chi connectivity index (χ2v) is 8.16. The van der Waals surface area contributed by atoms with Crippen molar-refractivity contribution in [2.75, 3.05) is 20.2 Å². The quantitative estimate of drug-likeness (QED) is 0.707. The molecule has 0 radical (unpaired) electrons. The number of benzene rings is 2. The topological polar surface area (TPSA) is 41.6 Å². The largest absolute Gasteiger partial charge is 0.497 e. The Hall–Kier alpha value is -1.75. The van der Waals surface area contributed by atoms with Gasteiger partial charge in [-0.1, -0.05) is 41.4 Å². The second-order valence-electron chi connectivity index (χ2n) is 7.31. The van der Waals surface area contributed by atoms with Crippen molar-refractivity contribution in [3.8, 4) is 5.75 Å². The molecule has 3 rings (SSSR count). The highest BCUT2D eigenvalue weighted by molar-refractivity contribution is 6.35. The summed E-state index contributed by atoms with van der Waals surface area (Å²) in [5, 5.41) is 4.47. The van der Waals surface area contributed by atoms with Gasteiger partial charge in [-0.2, -0.15) is 0 Å². The Morgan fingerprint density at radius 3 is 2.68 bits per heavy atom. The van der Waals surface area contributed by atoms with Gasteiger partial charge in [-0.25, -0.2) is 0 Å². The molecule has 0 aliphatic carbocycles. The number of rotatable bonds is 6. The van der Waals surface area contributed by atoms with Gasteiger partial charge in [-0.3, -0.25) is 9.69 Å². The third-order valence-corrected chi connectivity index (χ3v) is 5.85. The van der Waals surface area contributed by atoms with E-state index in [1.54, 1.807) is 13.2 Å². The van der Waals surface area contributed by atoms with Crippen LogP contribution in [0.3, 0.4) is 0 Å². The number of amides is 1. The maximum Gasteiger partial charge on any atom is 0.224 e. The van der Waals surface area contributed by atoms with Crippen LogP contribution in [0.2, 0.25) is 10.0 Å². The van der Waals surface area contributed by atoms with Crippen molar-refractivity contribution in [3.05, 3.63) is 63.6 Å². The molecular formula is C22H26Cl2N2O2. The summed E-state index contributed by atoms with van der Waals surface area (Å²) in [6.07, 6.45) is 1.91. The molecule has 0 aromatic heterocycles. The summed E-state index contributed by atoms with van der Waals surface area (Å²) in [4.78, 5) is 15.1. The minimum atomic E-state index is -0.0421. The van der Waals surface area contributed by atoms with Crippen LogP contribution >= 0.6 is 23.2 Å².